The summed E-state index contributed by atoms with van der Waals surface area (Å²) in [6.07, 6.45) is -4.39. The fraction of sp³-hybridized carbons (Fsp3) is 0.367. The number of carbonyl (C=O) groups excluding carboxylic acids is 1. The van der Waals surface area contributed by atoms with Crippen LogP contribution in [0.4, 0.5) is 18.9 Å². The zero-order chi connectivity index (χ0) is 27.2. The molecule has 1 fully saturated rings. The number of hydrogen-bond acceptors (Lipinski definition) is 3. The highest BCUT2D eigenvalue weighted by atomic mass is 19.4. The number of nitrogens with zero attached hydrogens (tertiary/aromatic N) is 3. The van der Waals surface area contributed by atoms with Crippen LogP contribution in [0.25, 0.3) is 11.1 Å². The number of halogens is 3. The molecule has 4 aromatic rings. The van der Waals surface area contributed by atoms with Crippen molar-refractivity contribution in [1.29, 1.82) is 0 Å². The van der Waals surface area contributed by atoms with Crippen molar-refractivity contribution < 1.29 is 22.4 Å². The van der Waals surface area contributed by atoms with Crippen LogP contribution in [0.5, 0.6) is 0 Å². The third-order valence-corrected chi connectivity index (χ3v) is 7.20. The number of amides is 1. The maximum atomic E-state index is 13.7. The monoisotopic (exact) mass is 523 g/mol. The number of benzene rings is 2. The molecule has 38 heavy (non-hydrogen) atoms. The van der Waals surface area contributed by atoms with E-state index >= 15 is 0 Å². The van der Waals surface area contributed by atoms with E-state index in [1.165, 1.54) is 17.7 Å². The molecule has 2 aromatic carbocycles. The zero-order valence-electron chi connectivity index (χ0n) is 22.1. The van der Waals surface area contributed by atoms with E-state index in [-0.39, 0.29) is 11.3 Å². The van der Waals surface area contributed by atoms with Crippen molar-refractivity contribution in [1.82, 2.24) is 9.47 Å². The van der Waals surface area contributed by atoms with Crippen LogP contribution in [0, 0.1) is 6.92 Å². The molecule has 1 aliphatic heterocycles. The topological polar surface area (TPSA) is 41.6 Å². The average Bonchev–Trinajstić information content (AvgIpc) is 3.39. The van der Waals surface area contributed by atoms with Crippen molar-refractivity contribution in [3.63, 3.8) is 0 Å². The molecule has 5 rings (SSSR count). The first kappa shape index (κ1) is 25.9. The molecule has 1 amide bonds. The van der Waals surface area contributed by atoms with Crippen molar-refractivity contribution >= 4 is 22.7 Å². The highest BCUT2D eigenvalue weighted by molar-refractivity contribution is 5.98. The van der Waals surface area contributed by atoms with E-state index in [9.17, 15) is 18.0 Å². The van der Waals surface area contributed by atoms with Gasteiger partial charge in [-0.15, -0.1) is 0 Å². The maximum absolute atomic E-state index is 13.7. The molecule has 200 valence electrons. The SMILES string of the molecule is Cc1cc2c(cc(C(=O)N3CCN(c4cccc(C(F)(F)F)c4)CC3)n2Cc2ccc(C(C)(C)C)cc2)o1. The molecule has 2 aromatic heterocycles. The van der Waals surface area contributed by atoms with Crippen LogP contribution in [0.3, 0.4) is 0 Å². The fourth-order valence-electron chi connectivity index (χ4n) is 5.01. The molecule has 0 N–H and O–H groups in total. The van der Waals surface area contributed by atoms with Gasteiger partial charge in [-0.1, -0.05) is 51.1 Å². The Kier molecular flexibility index (Phi) is 6.53. The zero-order valence-corrected chi connectivity index (χ0v) is 22.1. The lowest BCUT2D eigenvalue weighted by molar-refractivity contribution is -0.137. The first-order chi connectivity index (χ1) is 17.9. The van der Waals surface area contributed by atoms with E-state index in [1.54, 1.807) is 17.0 Å². The van der Waals surface area contributed by atoms with E-state index in [4.69, 9.17) is 4.42 Å². The first-order valence-corrected chi connectivity index (χ1v) is 12.8. The van der Waals surface area contributed by atoms with Gasteiger partial charge < -0.3 is 18.8 Å². The second-order valence-electron chi connectivity index (χ2n) is 11.0. The van der Waals surface area contributed by atoms with Crippen LogP contribution in [0.2, 0.25) is 0 Å². The number of aryl methyl sites for hydroxylation is 1. The lowest BCUT2D eigenvalue weighted by atomic mass is 9.87. The summed E-state index contributed by atoms with van der Waals surface area (Å²) in [6, 6.07) is 17.6. The Morgan fingerprint density at radius 3 is 2.21 bits per heavy atom. The molecule has 0 unspecified atom stereocenters. The van der Waals surface area contributed by atoms with E-state index in [1.807, 2.05) is 22.5 Å². The van der Waals surface area contributed by atoms with Crippen LogP contribution in [0.1, 0.15) is 53.7 Å². The van der Waals surface area contributed by atoms with Crippen molar-refractivity contribution in [2.45, 2.75) is 45.8 Å². The first-order valence-electron chi connectivity index (χ1n) is 12.8. The van der Waals surface area contributed by atoms with Crippen molar-refractivity contribution in [2.75, 3.05) is 31.1 Å². The Bertz CT molecular complexity index is 1450. The molecule has 0 aliphatic carbocycles. The lowest BCUT2D eigenvalue weighted by Crippen LogP contribution is -2.49. The van der Waals surface area contributed by atoms with E-state index < -0.39 is 11.7 Å². The van der Waals surface area contributed by atoms with Crippen LogP contribution in [-0.2, 0) is 18.1 Å². The summed E-state index contributed by atoms with van der Waals surface area (Å²) in [5.74, 6) is 0.671. The highest BCUT2D eigenvalue weighted by Gasteiger charge is 2.32. The van der Waals surface area contributed by atoms with Gasteiger partial charge in [-0.2, -0.15) is 13.2 Å². The summed E-state index contributed by atoms with van der Waals surface area (Å²) in [5, 5.41) is 0. The fourth-order valence-corrected chi connectivity index (χ4v) is 5.01. The number of aromatic nitrogens is 1. The summed E-state index contributed by atoms with van der Waals surface area (Å²) in [4.78, 5) is 17.3. The van der Waals surface area contributed by atoms with Gasteiger partial charge in [-0.25, -0.2) is 0 Å². The van der Waals surface area contributed by atoms with Gasteiger partial charge in [0, 0.05) is 50.5 Å². The molecule has 8 heteroatoms. The van der Waals surface area contributed by atoms with E-state index in [0.717, 1.165) is 22.9 Å². The van der Waals surface area contributed by atoms with Crippen LogP contribution >= 0.6 is 0 Å². The minimum atomic E-state index is -4.39. The lowest BCUT2D eigenvalue weighted by Gasteiger charge is -2.36. The van der Waals surface area contributed by atoms with Crippen molar-refractivity contribution in [3.05, 3.63) is 88.8 Å². The second kappa shape index (κ2) is 9.57. The van der Waals surface area contributed by atoms with E-state index in [2.05, 4.69) is 45.0 Å². The Morgan fingerprint density at radius 1 is 0.895 bits per heavy atom. The van der Waals surface area contributed by atoms with E-state index in [0.29, 0.717) is 49.7 Å². The Labute approximate surface area is 220 Å². The Hall–Kier alpha value is -3.68. The molecule has 0 spiro atoms. The van der Waals surface area contributed by atoms with Gasteiger partial charge in [0.2, 0.25) is 0 Å². The molecule has 0 saturated carbocycles. The quantitative estimate of drug-likeness (QED) is 0.293. The van der Waals surface area contributed by atoms with Crippen LogP contribution in [0.15, 0.2) is 65.1 Å². The predicted octanol–water partition coefficient (Wildman–Crippen LogP) is 6.87. The number of hydrogen-bond donors (Lipinski definition) is 0. The number of carbonyl (C=O) groups is 1. The summed E-state index contributed by atoms with van der Waals surface area (Å²) >= 11 is 0. The molecule has 1 aliphatic rings. The van der Waals surface area contributed by atoms with Gasteiger partial charge >= 0.3 is 6.18 Å². The molecule has 5 nitrogen and oxygen atoms in total. The Balaban J connectivity index is 1.35. The van der Waals surface area contributed by atoms with Gasteiger partial charge in [0.1, 0.15) is 11.5 Å². The summed E-state index contributed by atoms with van der Waals surface area (Å²) in [5.41, 5.74) is 4.31. The largest absolute Gasteiger partial charge is 0.460 e. The number of rotatable bonds is 4. The predicted molar refractivity (Wildman–Crippen MR) is 143 cm³/mol. The summed E-state index contributed by atoms with van der Waals surface area (Å²) < 4.78 is 47.3. The van der Waals surface area contributed by atoms with Crippen molar-refractivity contribution in [2.24, 2.45) is 0 Å². The Morgan fingerprint density at radius 2 is 1.58 bits per heavy atom. The molecule has 3 heterocycles. The third kappa shape index (κ3) is 5.17. The number of anilines is 1. The second-order valence-corrected chi connectivity index (χ2v) is 11.0. The minimum Gasteiger partial charge on any atom is -0.460 e. The average molecular weight is 524 g/mol. The third-order valence-electron chi connectivity index (χ3n) is 7.20. The van der Waals surface area contributed by atoms with Gasteiger partial charge in [0.15, 0.2) is 5.58 Å². The van der Waals surface area contributed by atoms with Gasteiger partial charge in [-0.05, 0) is 41.7 Å². The highest BCUT2D eigenvalue weighted by Crippen LogP contribution is 2.32. The molecule has 0 atom stereocenters. The smallest absolute Gasteiger partial charge is 0.416 e. The standard InChI is InChI=1S/C30H32F3N3O2/c1-20-16-25-27(38-20)18-26(36(25)19-21-8-10-22(11-9-21)29(2,3)4)28(37)35-14-12-34(13-15-35)24-7-5-6-23(17-24)30(31,32)33/h5-11,16-18H,12-15,19H2,1-4H3. The normalized spacial score (nSPS) is 14.9. The molecule has 1 saturated heterocycles. The number of alkyl halides is 3. The van der Waals surface area contributed by atoms with Crippen LogP contribution in [-0.4, -0.2) is 41.6 Å². The molecule has 0 bridgehead atoms. The van der Waals surface area contributed by atoms with Crippen molar-refractivity contribution in [3.8, 4) is 0 Å². The molecular formula is C30H32F3N3O2. The van der Waals surface area contributed by atoms with Gasteiger partial charge in [0.05, 0.1) is 11.1 Å². The maximum Gasteiger partial charge on any atom is 0.416 e. The number of furan rings is 1. The summed E-state index contributed by atoms with van der Waals surface area (Å²) in [7, 11) is 0. The van der Waals surface area contributed by atoms with Gasteiger partial charge in [-0.3, -0.25) is 4.79 Å². The molecule has 0 radical (unpaired) electrons. The number of fused-ring (bicyclic) bond motifs is 1. The summed E-state index contributed by atoms with van der Waals surface area (Å²) in [6.45, 7) is 10.7. The number of piperazine rings is 1. The minimum absolute atomic E-state index is 0.0538. The van der Waals surface area contributed by atoms with Gasteiger partial charge in [0.25, 0.3) is 5.91 Å². The van der Waals surface area contributed by atoms with Crippen LogP contribution < -0.4 is 4.90 Å². The molecular weight excluding hydrogens is 491 g/mol.